The summed E-state index contributed by atoms with van der Waals surface area (Å²) >= 11 is 0. The lowest BCUT2D eigenvalue weighted by Gasteiger charge is -1.91. The van der Waals surface area contributed by atoms with E-state index in [0.29, 0.717) is 0 Å². The maximum absolute atomic E-state index is 12.8. The molecule has 0 aliphatic heterocycles. The topological polar surface area (TPSA) is 13.1 Å². The molecule has 0 amide bonds. The first-order valence-electron chi connectivity index (χ1n) is 3.97. The maximum Gasteiger partial charge on any atom is 0.123 e. The molecule has 0 aliphatic carbocycles. The van der Waals surface area contributed by atoms with Crippen LogP contribution >= 0.6 is 0 Å². The van der Waals surface area contributed by atoms with Crippen LogP contribution in [0.15, 0.2) is 28.9 Å². The molecule has 1 aromatic carbocycles. The summed E-state index contributed by atoms with van der Waals surface area (Å²) in [6.07, 6.45) is 2.46. The summed E-state index contributed by atoms with van der Waals surface area (Å²) in [6.45, 7) is 1.99. The van der Waals surface area contributed by atoms with Crippen molar-refractivity contribution >= 4 is 10.8 Å². The van der Waals surface area contributed by atoms with Gasteiger partial charge in [-0.25, -0.2) is 4.39 Å². The first-order valence-corrected chi connectivity index (χ1v) is 3.97. The van der Waals surface area contributed by atoms with Gasteiger partial charge >= 0.3 is 0 Å². The van der Waals surface area contributed by atoms with E-state index in [1.54, 1.807) is 12.3 Å². The van der Waals surface area contributed by atoms with E-state index in [-0.39, 0.29) is 5.82 Å². The Bertz CT molecular complexity index is 403. The Morgan fingerprint density at radius 2 is 2.25 bits per heavy atom. The Kier molecular flexibility index (Phi) is 1.61. The van der Waals surface area contributed by atoms with Gasteiger partial charge in [0.25, 0.3) is 0 Å². The highest BCUT2D eigenvalue weighted by molar-refractivity contribution is 5.84. The summed E-state index contributed by atoms with van der Waals surface area (Å²) < 4.78 is 18.0. The molecular formula is C10H9FO. The van der Waals surface area contributed by atoms with Crippen molar-refractivity contribution in [3.05, 3.63) is 36.0 Å². The highest BCUT2D eigenvalue weighted by Gasteiger charge is 2.04. The van der Waals surface area contributed by atoms with Crippen LogP contribution in [0.25, 0.3) is 10.8 Å². The molecule has 0 fully saturated rings. The van der Waals surface area contributed by atoms with E-state index in [0.717, 1.165) is 23.0 Å². The minimum atomic E-state index is -0.210. The minimum absolute atomic E-state index is 0.210. The van der Waals surface area contributed by atoms with Crippen molar-refractivity contribution in [3.8, 4) is 0 Å². The van der Waals surface area contributed by atoms with Crippen molar-refractivity contribution in [2.45, 2.75) is 13.3 Å². The molecule has 2 aromatic rings. The Balaban J connectivity index is 2.75. The standard InChI is InChI=1S/C10H9FO/c1-2-10-9-5-8(11)4-3-7(9)6-12-10/h3-6H,2H2,1H3. The van der Waals surface area contributed by atoms with E-state index in [1.807, 2.05) is 6.92 Å². The van der Waals surface area contributed by atoms with Crippen LogP contribution in [0, 0.1) is 5.82 Å². The van der Waals surface area contributed by atoms with Gasteiger partial charge in [-0.1, -0.05) is 6.92 Å². The monoisotopic (exact) mass is 164 g/mol. The van der Waals surface area contributed by atoms with Gasteiger partial charge in [-0.2, -0.15) is 0 Å². The number of benzene rings is 1. The molecular weight excluding hydrogens is 155 g/mol. The zero-order valence-corrected chi connectivity index (χ0v) is 6.80. The second-order valence-corrected chi connectivity index (χ2v) is 2.74. The number of halogens is 1. The van der Waals surface area contributed by atoms with Crippen molar-refractivity contribution in [1.82, 2.24) is 0 Å². The third kappa shape index (κ3) is 0.998. The fourth-order valence-corrected chi connectivity index (χ4v) is 1.34. The molecule has 0 spiro atoms. The molecule has 0 saturated heterocycles. The number of rotatable bonds is 1. The molecule has 0 unspecified atom stereocenters. The van der Waals surface area contributed by atoms with E-state index < -0.39 is 0 Å². The maximum atomic E-state index is 12.8. The van der Waals surface area contributed by atoms with Gasteiger partial charge < -0.3 is 4.42 Å². The molecule has 0 bridgehead atoms. The molecule has 0 atom stereocenters. The smallest absolute Gasteiger partial charge is 0.123 e. The number of fused-ring (bicyclic) bond motifs is 1. The Hall–Kier alpha value is -1.31. The molecule has 1 nitrogen and oxygen atoms in total. The van der Waals surface area contributed by atoms with Crippen LogP contribution in [0.1, 0.15) is 12.7 Å². The normalized spacial score (nSPS) is 10.8. The van der Waals surface area contributed by atoms with Crippen LogP contribution in [0.3, 0.4) is 0 Å². The SMILES string of the molecule is CCc1occ2ccc(F)cc12. The number of aryl methyl sites for hydroxylation is 1. The summed E-state index contributed by atoms with van der Waals surface area (Å²) in [5.74, 6) is 0.642. The van der Waals surface area contributed by atoms with Gasteiger partial charge in [0.15, 0.2) is 0 Å². The van der Waals surface area contributed by atoms with Gasteiger partial charge in [0.05, 0.1) is 6.26 Å². The lowest BCUT2D eigenvalue weighted by molar-refractivity contribution is 0.521. The molecule has 2 heteroatoms. The first kappa shape index (κ1) is 7.35. The van der Waals surface area contributed by atoms with Crippen LogP contribution in [0.4, 0.5) is 4.39 Å². The van der Waals surface area contributed by atoms with Crippen LogP contribution in [-0.4, -0.2) is 0 Å². The quantitative estimate of drug-likeness (QED) is 0.631. The molecule has 0 saturated carbocycles. The van der Waals surface area contributed by atoms with Crippen molar-refractivity contribution in [1.29, 1.82) is 0 Å². The van der Waals surface area contributed by atoms with Crippen LogP contribution in [0.5, 0.6) is 0 Å². The van der Waals surface area contributed by atoms with E-state index in [9.17, 15) is 4.39 Å². The predicted octanol–water partition coefficient (Wildman–Crippen LogP) is 3.13. The van der Waals surface area contributed by atoms with Crippen LogP contribution < -0.4 is 0 Å². The third-order valence-electron chi connectivity index (χ3n) is 1.97. The summed E-state index contributed by atoms with van der Waals surface area (Å²) in [6, 6.07) is 4.68. The zero-order valence-electron chi connectivity index (χ0n) is 6.80. The van der Waals surface area contributed by atoms with E-state index in [2.05, 4.69) is 0 Å². The minimum Gasteiger partial charge on any atom is -0.468 e. The lowest BCUT2D eigenvalue weighted by atomic mass is 10.1. The number of furan rings is 1. The van der Waals surface area contributed by atoms with Gasteiger partial charge in [-0.05, 0) is 18.2 Å². The van der Waals surface area contributed by atoms with E-state index in [1.165, 1.54) is 12.1 Å². The first-order chi connectivity index (χ1) is 5.81. The molecule has 12 heavy (non-hydrogen) atoms. The fourth-order valence-electron chi connectivity index (χ4n) is 1.34. The highest BCUT2D eigenvalue weighted by Crippen LogP contribution is 2.22. The number of hydrogen-bond donors (Lipinski definition) is 0. The Morgan fingerprint density at radius 1 is 1.42 bits per heavy atom. The van der Waals surface area contributed by atoms with Gasteiger partial charge in [-0.3, -0.25) is 0 Å². The Morgan fingerprint density at radius 3 is 3.00 bits per heavy atom. The summed E-state index contributed by atoms with van der Waals surface area (Å²) in [5, 5.41) is 1.85. The molecule has 2 rings (SSSR count). The van der Waals surface area contributed by atoms with E-state index >= 15 is 0 Å². The summed E-state index contributed by atoms with van der Waals surface area (Å²) in [7, 11) is 0. The van der Waals surface area contributed by atoms with Gasteiger partial charge in [-0.15, -0.1) is 0 Å². The van der Waals surface area contributed by atoms with Crippen molar-refractivity contribution in [2.75, 3.05) is 0 Å². The van der Waals surface area contributed by atoms with Gasteiger partial charge in [0.1, 0.15) is 11.6 Å². The second kappa shape index (κ2) is 2.63. The van der Waals surface area contributed by atoms with Gasteiger partial charge in [0.2, 0.25) is 0 Å². The van der Waals surface area contributed by atoms with Crippen LogP contribution in [-0.2, 0) is 6.42 Å². The van der Waals surface area contributed by atoms with Crippen LogP contribution in [0.2, 0.25) is 0 Å². The molecule has 0 N–H and O–H groups in total. The third-order valence-corrected chi connectivity index (χ3v) is 1.97. The average Bonchev–Trinajstić information content (AvgIpc) is 2.46. The lowest BCUT2D eigenvalue weighted by Crippen LogP contribution is -1.76. The summed E-state index contributed by atoms with van der Waals surface area (Å²) in [5.41, 5.74) is 0. The Labute approximate surface area is 69.8 Å². The predicted molar refractivity (Wildman–Crippen MR) is 45.6 cm³/mol. The van der Waals surface area contributed by atoms with E-state index in [4.69, 9.17) is 4.42 Å². The van der Waals surface area contributed by atoms with Crippen molar-refractivity contribution in [3.63, 3.8) is 0 Å². The molecule has 0 aliphatic rings. The fraction of sp³-hybridized carbons (Fsp3) is 0.200. The molecule has 1 aromatic heterocycles. The second-order valence-electron chi connectivity index (χ2n) is 2.74. The number of hydrogen-bond acceptors (Lipinski definition) is 1. The summed E-state index contributed by atoms with van der Waals surface area (Å²) in [4.78, 5) is 0. The molecule has 1 heterocycles. The highest BCUT2D eigenvalue weighted by atomic mass is 19.1. The average molecular weight is 164 g/mol. The molecule has 0 radical (unpaired) electrons. The largest absolute Gasteiger partial charge is 0.468 e. The molecule has 62 valence electrons. The van der Waals surface area contributed by atoms with Crippen molar-refractivity contribution in [2.24, 2.45) is 0 Å². The van der Waals surface area contributed by atoms with Gasteiger partial charge in [0, 0.05) is 17.2 Å². The van der Waals surface area contributed by atoms with Crippen molar-refractivity contribution < 1.29 is 8.81 Å². The zero-order chi connectivity index (χ0) is 8.55.